The van der Waals surface area contributed by atoms with Gasteiger partial charge >= 0.3 is 5.97 Å². The van der Waals surface area contributed by atoms with E-state index < -0.39 is 0 Å². The minimum atomic E-state index is 0.00828. The Kier molecular flexibility index (Phi) is 8.92. The number of carbonyl (C=O) groups excluding carboxylic acids is 1. The maximum Gasteiger partial charge on any atom is 0.309 e. The van der Waals surface area contributed by atoms with E-state index in [0.717, 1.165) is 64.2 Å². The van der Waals surface area contributed by atoms with Crippen LogP contribution in [0.5, 0.6) is 0 Å². The minimum Gasteiger partial charge on any atom is -0.462 e. The number of ether oxygens (including phenoxy) is 1. The van der Waals surface area contributed by atoms with Crippen LogP contribution in [0.1, 0.15) is 81.3 Å². The molecule has 2 aliphatic rings. The lowest BCUT2D eigenvalue weighted by molar-refractivity contribution is -0.157. The lowest BCUT2D eigenvalue weighted by Crippen LogP contribution is -2.29. The average Bonchev–Trinajstić information content (AvgIpc) is 2.82. The van der Waals surface area contributed by atoms with Crippen molar-refractivity contribution in [1.82, 2.24) is 0 Å². The molecule has 0 aromatic heterocycles. The molecule has 0 N–H and O–H groups in total. The predicted octanol–water partition coefficient (Wildman–Crippen LogP) is 6.35. The van der Waals surface area contributed by atoms with Gasteiger partial charge in [-0.25, -0.2) is 0 Å². The van der Waals surface area contributed by atoms with Crippen molar-refractivity contribution in [2.45, 2.75) is 76.2 Å². The molecule has 0 radical (unpaired) electrons. The van der Waals surface area contributed by atoms with Gasteiger partial charge in [0.25, 0.3) is 0 Å². The van der Waals surface area contributed by atoms with Gasteiger partial charge in [0.1, 0.15) is 6.10 Å². The van der Waals surface area contributed by atoms with E-state index in [1.807, 2.05) is 24.3 Å². The summed E-state index contributed by atoms with van der Waals surface area (Å²) in [5, 5.41) is 17.4. The zero-order valence-electron chi connectivity index (χ0n) is 18.2. The van der Waals surface area contributed by atoms with Gasteiger partial charge in [0.2, 0.25) is 0 Å². The third-order valence-corrected chi connectivity index (χ3v) is 6.81. The Morgan fingerprint density at radius 3 is 2.32 bits per heavy atom. The summed E-state index contributed by atoms with van der Waals surface area (Å²) >= 11 is 0. The summed E-state index contributed by atoms with van der Waals surface area (Å²) in [6, 6.07) is 12.0. The zero-order valence-corrected chi connectivity index (χ0v) is 18.2. The van der Waals surface area contributed by atoms with Crippen molar-refractivity contribution in [3.05, 3.63) is 59.7 Å². The van der Waals surface area contributed by atoms with Crippen molar-refractivity contribution in [2.75, 3.05) is 0 Å². The van der Waals surface area contributed by atoms with Gasteiger partial charge in [-0.3, -0.25) is 4.79 Å². The Hall–Kier alpha value is -2.85. The van der Waals surface area contributed by atoms with Crippen LogP contribution >= 0.6 is 0 Å². The summed E-state index contributed by atoms with van der Waals surface area (Å²) in [4.78, 5) is 12.7. The second kappa shape index (κ2) is 12.1. The van der Waals surface area contributed by atoms with Gasteiger partial charge in [-0.15, -0.1) is 0 Å². The van der Waals surface area contributed by atoms with Crippen molar-refractivity contribution in [1.29, 1.82) is 10.5 Å². The van der Waals surface area contributed by atoms with Crippen molar-refractivity contribution >= 4 is 5.97 Å². The van der Waals surface area contributed by atoms with E-state index in [0.29, 0.717) is 17.4 Å². The Labute approximate surface area is 186 Å². The third kappa shape index (κ3) is 7.11. The number of nitrogens with zero attached hydrogens (tertiary/aromatic N) is 2. The summed E-state index contributed by atoms with van der Waals surface area (Å²) in [5.74, 6) is 1.24. The molecule has 0 atom stereocenters. The van der Waals surface area contributed by atoms with Crippen LogP contribution in [-0.4, -0.2) is 12.1 Å². The molecule has 31 heavy (non-hydrogen) atoms. The summed E-state index contributed by atoms with van der Waals surface area (Å²) in [5.41, 5.74) is 1.97. The summed E-state index contributed by atoms with van der Waals surface area (Å²) < 4.78 is 5.89. The first-order valence-electron chi connectivity index (χ1n) is 11.6. The number of nitriles is 2. The van der Waals surface area contributed by atoms with E-state index in [-0.39, 0.29) is 18.0 Å². The van der Waals surface area contributed by atoms with Gasteiger partial charge in [0.15, 0.2) is 0 Å². The van der Waals surface area contributed by atoms with Crippen LogP contribution in [0, 0.1) is 34.5 Å². The van der Waals surface area contributed by atoms with E-state index in [9.17, 15) is 4.79 Å². The molecule has 3 rings (SSSR count). The number of hydrogen-bond donors (Lipinski definition) is 0. The molecule has 0 amide bonds. The molecule has 0 bridgehead atoms. The smallest absolute Gasteiger partial charge is 0.309 e. The number of esters is 1. The van der Waals surface area contributed by atoms with E-state index in [4.69, 9.17) is 15.3 Å². The highest BCUT2D eigenvalue weighted by Crippen LogP contribution is 2.37. The molecule has 1 aromatic rings. The van der Waals surface area contributed by atoms with Crippen LogP contribution < -0.4 is 0 Å². The first kappa shape index (κ1) is 22.8. The molecule has 2 aliphatic carbocycles. The van der Waals surface area contributed by atoms with Gasteiger partial charge in [-0.05, 0) is 93.7 Å². The number of benzene rings is 1. The maximum absolute atomic E-state index is 12.7. The van der Waals surface area contributed by atoms with Crippen LogP contribution in [0.2, 0.25) is 0 Å². The molecular formula is C27H32N2O2. The number of allylic oxidation sites excluding steroid dienone is 4. The Balaban J connectivity index is 1.34. The molecule has 0 saturated heterocycles. The first-order chi connectivity index (χ1) is 15.2. The predicted molar refractivity (Wildman–Crippen MR) is 121 cm³/mol. The Morgan fingerprint density at radius 2 is 1.68 bits per heavy atom. The number of hydrogen-bond acceptors (Lipinski definition) is 4. The van der Waals surface area contributed by atoms with Gasteiger partial charge in [0, 0.05) is 6.08 Å². The molecule has 0 unspecified atom stereocenters. The van der Waals surface area contributed by atoms with E-state index in [1.54, 1.807) is 6.08 Å². The lowest BCUT2D eigenvalue weighted by Gasteiger charge is -2.31. The van der Waals surface area contributed by atoms with Crippen molar-refractivity contribution < 1.29 is 9.53 Å². The fourth-order valence-electron chi connectivity index (χ4n) is 4.90. The minimum absolute atomic E-state index is 0.00828. The van der Waals surface area contributed by atoms with E-state index in [2.05, 4.69) is 24.3 Å². The van der Waals surface area contributed by atoms with Crippen molar-refractivity contribution in [3.63, 3.8) is 0 Å². The highest BCUT2D eigenvalue weighted by molar-refractivity contribution is 5.72. The standard InChI is InChI=1S/C27H32N2O2/c28-19-5-3-1-2-4-6-21-9-17-26(18-10-21)31-27(30)25-15-13-24(14-16-25)23-11-7-22(20-29)8-12-23/h1-3,5,7-8,11-12,21,24-26H,4,6,9-10,13-18H2/b2-1+,5-3?/t21?,24-,25-,26?. The van der Waals surface area contributed by atoms with Crippen molar-refractivity contribution in [2.24, 2.45) is 11.8 Å². The van der Waals surface area contributed by atoms with Crippen LogP contribution in [-0.2, 0) is 9.53 Å². The second-order valence-corrected chi connectivity index (χ2v) is 8.86. The molecule has 2 fully saturated rings. The Bertz CT molecular complexity index is 841. The zero-order chi connectivity index (χ0) is 21.9. The fraction of sp³-hybridized carbons (Fsp3) is 0.519. The second-order valence-electron chi connectivity index (χ2n) is 8.86. The summed E-state index contributed by atoms with van der Waals surface area (Å²) in [6.45, 7) is 0. The monoisotopic (exact) mass is 416 g/mol. The summed E-state index contributed by atoms with van der Waals surface area (Å²) in [7, 11) is 0. The highest BCUT2D eigenvalue weighted by Gasteiger charge is 2.31. The van der Waals surface area contributed by atoms with Crippen molar-refractivity contribution in [3.8, 4) is 12.1 Å². The molecule has 2 saturated carbocycles. The molecule has 4 nitrogen and oxygen atoms in total. The Morgan fingerprint density at radius 1 is 0.968 bits per heavy atom. The van der Waals surface area contributed by atoms with Gasteiger partial charge in [-0.1, -0.05) is 30.4 Å². The lowest BCUT2D eigenvalue weighted by atomic mass is 9.78. The van der Waals surface area contributed by atoms with E-state index in [1.165, 1.54) is 11.6 Å². The molecule has 0 aliphatic heterocycles. The summed E-state index contributed by atoms with van der Waals surface area (Å²) in [6.07, 6.45) is 17.6. The van der Waals surface area contributed by atoms with Crippen LogP contribution in [0.15, 0.2) is 48.6 Å². The topological polar surface area (TPSA) is 73.9 Å². The number of carbonyl (C=O) groups is 1. The largest absolute Gasteiger partial charge is 0.462 e. The average molecular weight is 417 g/mol. The first-order valence-corrected chi connectivity index (χ1v) is 11.6. The third-order valence-electron chi connectivity index (χ3n) is 6.81. The normalized spacial score (nSPS) is 26.4. The highest BCUT2D eigenvalue weighted by atomic mass is 16.5. The molecule has 0 spiro atoms. The molecular weight excluding hydrogens is 384 g/mol. The SMILES string of the molecule is N#CC=C/C=C/CCC1CCC(OC(=O)[C@H]2CC[C@H](c3ccc(C#N)cc3)CC2)CC1. The van der Waals surface area contributed by atoms with Crippen LogP contribution in [0.25, 0.3) is 0 Å². The quantitative estimate of drug-likeness (QED) is 0.295. The van der Waals surface area contributed by atoms with E-state index >= 15 is 0 Å². The van der Waals surface area contributed by atoms with Crippen LogP contribution in [0.3, 0.4) is 0 Å². The molecule has 1 aromatic carbocycles. The molecule has 162 valence electrons. The fourth-order valence-corrected chi connectivity index (χ4v) is 4.90. The number of rotatable bonds is 7. The van der Waals surface area contributed by atoms with Gasteiger partial charge in [0.05, 0.1) is 23.6 Å². The van der Waals surface area contributed by atoms with Gasteiger partial charge in [-0.2, -0.15) is 10.5 Å². The molecule has 0 heterocycles. The van der Waals surface area contributed by atoms with Crippen LogP contribution in [0.4, 0.5) is 0 Å². The van der Waals surface area contributed by atoms with Gasteiger partial charge < -0.3 is 4.74 Å². The maximum atomic E-state index is 12.7. The molecule has 4 heteroatoms.